The van der Waals surface area contributed by atoms with E-state index in [4.69, 9.17) is 4.42 Å². The number of phenols is 2. The zero-order chi connectivity index (χ0) is 18.7. The number of fused-ring (bicyclic) bond motifs is 1. The summed E-state index contributed by atoms with van der Waals surface area (Å²) in [4.78, 5) is 12.5. The van der Waals surface area contributed by atoms with Crippen LogP contribution in [0.25, 0.3) is 22.3 Å². The maximum atomic E-state index is 12.5. The number of benzene rings is 2. The summed E-state index contributed by atoms with van der Waals surface area (Å²) >= 11 is 0. The highest BCUT2D eigenvalue weighted by Crippen LogP contribution is 2.35. The summed E-state index contributed by atoms with van der Waals surface area (Å²) in [6.45, 7) is 2.17. The van der Waals surface area contributed by atoms with Crippen molar-refractivity contribution in [1.29, 1.82) is 0 Å². The Morgan fingerprint density at radius 2 is 1.73 bits per heavy atom. The van der Waals surface area contributed by atoms with Crippen molar-refractivity contribution in [2.24, 2.45) is 0 Å². The van der Waals surface area contributed by atoms with Crippen molar-refractivity contribution in [3.05, 3.63) is 52.2 Å². The van der Waals surface area contributed by atoms with Crippen molar-refractivity contribution < 1.29 is 19.7 Å². The second-order valence-electron chi connectivity index (χ2n) is 6.45. The van der Waals surface area contributed by atoms with Crippen molar-refractivity contribution in [3.63, 3.8) is 0 Å². The smallest absolute Gasteiger partial charge is 0.235 e. The highest BCUT2D eigenvalue weighted by atomic mass is 16.4. The van der Waals surface area contributed by atoms with Gasteiger partial charge >= 0.3 is 0 Å². The fourth-order valence-corrected chi connectivity index (χ4v) is 3.00. The number of aryl methyl sites for hydroxylation is 1. The molecular weight excluding hydrogens is 332 g/mol. The first-order valence-electron chi connectivity index (χ1n) is 8.82. The van der Waals surface area contributed by atoms with Crippen LogP contribution in [0.1, 0.15) is 38.2 Å². The molecule has 0 saturated carbocycles. The molecule has 0 radical (unpaired) electrons. The topological polar surface area (TPSA) is 90.9 Å². The van der Waals surface area contributed by atoms with E-state index < -0.39 is 11.2 Å². The number of aromatic hydroxyl groups is 3. The molecule has 0 aliphatic carbocycles. The molecule has 0 aliphatic rings. The van der Waals surface area contributed by atoms with Gasteiger partial charge in [-0.15, -0.1) is 0 Å². The van der Waals surface area contributed by atoms with Crippen LogP contribution in [0.2, 0.25) is 0 Å². The summed E-state index contributed by atoms with van der Waals surface area (Å²) in [5.74, 6) is -1.18. The van der Waals surface area contributed by atoms with E-state index >= 15 is 0 Å². The Kier molecular flexibility index (Phi) is 5.16. The zero-order valence-corrected chi connectivity index (χ0v) is 14.7. The highest BCUT2D eigenvalue weighted by Gasteiger charge is 2.16. The van der Waals surface area contributed by atoms with Gasteiger partial charge in [-0.25, -0.2) is 0 Å². The molecule has 0 bridgehead atoms. The van der Waals surface area contributed by atoms with E-state index in [1.54, 1.807) is 6.07 Å². The first kappa shape index (κ1) is 17.9. The van der Waals surface area contributed by atoms with E-state index in [2.05, 4.69) is 6.92 Å². The Bertz CT molecular complexity index is 988. The second-order valence-corrected chi connectivity index (χ2v) is 6.45. The van der Waals surface area contributed by atoms with Gasteiger partial charge in [-0.2, -0.15) is 0 Å². The lowest BCUT2D eigenvalue weighted by Gasteiger charge is -2.08. The molecule has 136 valence electrons. The molecule has 1 heterocycles. The molecule has 3 aromatic rings. The molecule has 3 N–H and O–H groups in total. The maximum Gasteiger partial charge on any atom is 0.235 e. The summed E-state index contributed by atoms with van der Waals surface area (Å²) in [6.07, 6.45) is 5.50. The van der Waals surface area contributed by atoms with Crippen molar-refractivity contribution in [2.75, 3.05) is 0 Å². The minimum atomic E-state index is -0.522. The van der Waals surface area contributed by atoms with Gasteiger partial charge in [0.15, 0.2) is 17.3 Å². The lowest BCUT2D eigenvalue weighted by Crippen LogP contribution is -2.03. The van der Waals surface area contributed by atoms with Crippen LogP contribution in [0, 0.1) is 0 Å². The monoisotopic (exact) mass is 354 g/mol. The Morgan fingerprint density at radius 1 is 0.923 bits per heavy atom. The van der Waals surface area contributed by atoms with Gasteiger partial charge in [0, 0.05) is 5.56 Å². The van der Waals surface area contributed by atoms with Gasteiger partial charge in [-0.3, -0.25) is 4.79 Å². The van der Waals surface area contributed by atoms with Crippen LogP contribution in [0.3, 0.4) is 0 Å². The lowest BCUT2D eigenvalue weighted by molar-refractivity contribution is 0.403. The molecule has 26 heavy (non-hydrogen) atoms. The van der Waals surface area contributed by atoms with Crippen LogP contribution in [-0.4, -0.2) is 15.3 Å². The van der Waals surface area contributed by atoms with Gasteiger partial charge in [0.1, 0.15) is 5.58 Å². The maximum absolute atomic E-state index is 12.5. The summed E-state index contributed by atoms with van der Waals surface area (Å²) < 4.78 is 5.78. The summed E-state index contributed by atoms with van der Waals surface area (Å²) in [5, 5.41) is 29.6. The normalized spacial score (nSPS) is 11.1. The van der Waals surface area contributed by atoms with Crippen LogP contribution in [-0.2, 0) is 6.42 Å². The third-order valence-electron chi connectivity index (χ3n) is 4.49. The molecule has 1 aromatic heterocycles. The molecule has 2 aromatic carbocycles. The predicted molar refractivity (Wildman–Crippen MR) is 101 cm³/mol. The quantitative estimate of drug-likeness (QED) is 0.441. The van der Waals surface area contributed by atoms with Crippen molar-refractivity contribution in [2.45, 2.75) is 39.0 Å². The van der Waals surface area contributed by atoms with Crippen molar-refractivity contribution in [3.8, 4) is 28.6 Å². The molecule has 3 rings (SSSR count). The molecule has 5 nitrogen and oxygen atoms in total. The predicted octanol–water partition coefficient (Wildman–Crippen LogP) is 4.70. The number of phenolic OH excluding ortho intramolecular Hbond substituents is 2. The van der Waals surface area contributed by atoms with Gasteiger partial charge in [-0.05, 0) is 48.7 Å². The SMILES string of the molecule is CCCCCCc1ccc2c(=O)c(O)c(-c3ccc(O)c(O)c3)oc2c1. The molecule has 5 heteroatoms. The number of unbranched alkanes of at least 4 members (excludes halogenated alkanes) is 3. The average Bonchev–Trinajstić information content (AvgIpc) is 2.64. The van der Waals surface area contributed by atoms with Crippen molar-refractivity contribution in [1.82, 2.24) is 0 Å². The van der Waals surface area contributed by atoms with Crippen LogP contribution in [0.15, 0.2) is 45.6 Å². The Morgan fingerprint density at radius 3 is 2.46 bits per heavy atom. The van der Waals surface area contributed by atoms with E-state index in [0.29, 0.717) is 16.5 Å². The fourth-order valence-electron chi connectivity index (χ4n) is 3.00. The number of rotatable bonds is 6. The largest absolute Gasteiger partial charge is 0.504 e. The van der Waals surface area contributed by atoms with E-state index in [0.717, 1.165) is 24.8 Å². The van der Waals surface area contributed by atoms with Gasteiger partial charge < -0.3 is 19.7 Å². The molecule has 0 atom stereocenters. The number of hydrogen-bond donors (Lipinski definition) is 3. The van der Waals surface area contributed by atoms with E-state index in [1.807, 2.05) is 12.1 Å². The molecule has 0 spiro atoms. The average molecular weight is 354 g/mol. The Labute approximate surface area is 151 Å². The first-order valence-corrected chi connectivity index (χ1v) is 8.82. The van der Waals surface area contributed by atoms with Crippen LogP contribution >= 0.6 is 0 Å². The minimum Gasteiger partial charge on any atom is -0.504 e. The van der Waals surface area contributed by atoms with E-state index in [9.17, 15) is 20.1 Å². The lowest BCUT2D eigenvalue weighted by atomic mass is 10.0. The third-order valence-corrected chi connectivity index (χ3v) is 4.49. The zero-order valence-electron chi connectivity index (χ0n) is 14.7. The van der Waals surface area contributed by atoms with Gasteiger partial charge in [0.25, 0.3) is 0 Å². The van der Waals surface area contributed by atoms with Crippen LogP contribution in [0.4, 0.5) is 0 Å². The van der Waals surface area contributed by atoms with Gasteiger partial charge in [0.2, 0.25) is 11.2 Å². The van der Waals surface area contributed by atoms with Gasteiger partial charge in [0.05, 0.1) is 5.39 Å². The first-order chi connectivity index (χ1) is 12.5. The Balaban J connectivity index is 2.02. The van der Waals surface area contributed by atoms with Crippen molar-refractivity contribution >= 4 is 11.0 Å². The molecule has 0 saturated heterocycles. The molecule has 0 unspecified atom stereocenters. The van der Waals surface area contributed by atoms with Crippen LogP contribution < -0.4 is 5.43 Å². The minimum absolute atomic E-state index is 0.0269. The fraction of sp³-hybridized carbons (Fsp3) is 0.286. The van der Waals surface area contributed by atoms with E-state index in [1.165, 1.54) is 31.0 Å². The molecule has 0 amide bonds. The summed E-state index contributed by atoms with van der Waals surface area (Å²) in [6, 6.07) is 9.37. The van der Waals surface area contributed by atoms with Gasteiger partial charge in [-0.1, -0.05) is 32.3 Å². The molecular formula is C21H22O5. The number of hydrogen-bond acceptors (Lipinski definition) is 5. The highest BCUT2D eigenvalue weighted by molar-refractivity contribution is 5.82. The van der Waals surface area contributed by atoms with Crippen LogP contribution in [0.5, 0.6) is 17.2 Å². The summed E-state index contributed by atoms with van der Waals surface area (Å²) in [7, 11) is 0. The summed E-state index contributed by atoms with van der Waals surface area (Å²) in [5.41, 5.74) is 1.25. The molecule has 0 fully saturated rings. The standard InChI is InChI=1S/C21H22O5/c1-2-3-4-5-6-13-7-9-15-18(11-13)26-21(20(25)19(15)24)14-8-10-16(22)17(23)12-14/h7-12,22-23,25H,2-6H2,1H3. The molecule has 0 aliphatic heterocycles. The van der Waals surface area contributed by atoms with E-state index in [-0.39, 0.29) is 17.3 Å². The third kappa shape index (κ3) is 3.52. The second kappa shape index (κ2) is 7.52. The Hall–Kier alpha value is -2.95.